The highest BCUT2D eigenvalue weighted by Crippen LogP contribution is 2.37. The van der Waals surface area contributed by atoms with Crippen molar-refractivity contribution in [2.45, 2.75) is 56.5 Å². The lowest BCUT2D eigenvalue weighted by molar-refractivity contribution is 0.0981. The fourth-order valence-corrected chi connectivity index (χ4v) is 5.95. The van der Waals surface area contributed by atoms with E-state index in [9.17, 15) is 9.32 Å². The second-order valence-corrected chi connectivity index (χ2v) is 12.1. The molecule has 0 bridgehead atoms. The molecule has 0 saturated heterocycles. The summed E-state index contributed by atoms with van der Waals surface area (Å²) >= 11 is 0. The van der Waals surface area contributed by atoms with E-state index in [-0.39, 0.29) is 0 Å². The molecule has 0 radical (unpaired) electrons. The molecule has 0 fully saturated rings. The molecule has 0 amide bonds. The van der Waals surface area contributed by atoms with E-state index in [1.807, 2.05) is 65.2 Å². The Morgan fingerprint density at radius 3 is 2.43 bits per heavy atom. The van der Waals surface area contributed by atoms with Crippen LogP contribution in [0.2, 0.25) is 0 Å². The zero-order valence-corrected chi connectivity index (χ0v) is 27.9. The lowest BCUT2D eigenvalue weighted by atomic mass is 10.0. The Hall–Kier alpha value is -4.12. The summed E-state index contributed by atoms with van der Waals surface area (Å²) in [6.45, 7) is 6.91. The summed E-state index contributed by atoms with van der Waals surface area (Å²) in [5, 5.41) is 13.8. The van der Waals surface area contributed by atoms with Crippen molar-refractivity contribution in [3.63, 3.8) is 0 Å². The van der Waals surface area contributed by atoms with Crippen LogP contribution in [0.15, 0.2) is 84.2 Å². The van der Waals surface area contributed by atoms with Crippen molar-refractivity contribution in [2.75, 3.05) is 39.4 Å². The number of benzene rings is 3. The lowest BCUT2D eigenvalue weighted by Gasteiger charge is -2.15. The molecule has 0 aliphatic carbocycles. The van der Waals surface area contributed by atoms with Gasteiger partial charge in [0.1, 0.15) is 18.6 Å². The van der Waals surface area contributed by atoms with Crippen LogP contribution >= 0.6 is 0 Å². The maximum Gasteiger partial charge on any atom is 0.167 e. The number of nitrogens with one attached hydrogen (secondary N) is 1. The van der Waals surface area contributed by atoms with Crippen molar-refractivity contribution >= 4 is 22.6 Å². The van der Waals surface area contributed by atoms with E-state index < -0.39 is 17.0 Å². The maximum atomic E-state index is 13.0. The number of imidazole rings is 1. The minimum absolute atomic E-state index is 0.398. The largest absolute Gasteiger partial charge is 0.493 e. The molecule has 2 N–H and O–H groups in total. The van der Waals surface area contributed by atoms with Gasteiger partial charge in [-0.15, -0.1) is 0 Å². The molecule has 246 valence electrons. The van der Waals surface area contributed by atoms with Gasteiger partial charge in [-0.1, -0.05) is 38.5 Å². The standard InChI is InChI=1S/C36H45N3O6S/c1-5-7-19-44-20-21-45-32-13-8-27(9-14-32)29-22-28(36(43-4)34(23-29)42-3)10-17-35(40)38-30-11-15-33(16-12-30)46(41)25-31-24-37-26-39(31)18-6-2/h8-17,22-24,26,35,38,40H,5-7,18-21,25H2,1-4H3/b17-10+. The number of aliphatic hydroxyl groups excluding tert-OH is 1. The molecule has 1 aromatic heterocycles. The minimum Gasteiger partial charge on any atom is -0.493 e. The summed E-state index contributed by atoms with van der Waals surface area (Å²) in [6, 6.07) is 19.0. The van der Waals surface area contributed by atoms with Gasteiger partial charge < -0.3 is 33.9 Å². The highest BCUT2D eigenvalue weighted by molar-refractivity contribution is 7.84. The van der Waals surface area contributed by atoms with E-state index in [1.54, 1.807) is 38.9 Å². The summed E-state index contributed by atoms with van der Waals surface area (Å²) in [5.41, 5.74) is 4.30. The molecule has 0 aliphatic heterocycles. The van der Waals surface area contributed by atoms with Gasteiger partial charge in [-0.2, -0.15) is 0 Å². The van der Waals surface area contributed by atoms with Gasteiger partial charge in [-0.3, -0.25) is 4.21 Å². The van der Waals surface area contributed by atoms with Gasteiger partial charge in [-0.05, 0) is 78.6 Å². The monoisotopic (exact) mass is 647 g/mol. The van der Waals surface area contributed by atoms with Crippen LogP contribution in [-0.4, -0.2) is 59.1 Å². The van der Waals surface area contributed by atoms with Crippen LogP contribution < -0.4 is 19.5 Å². The van der Waals surface area contributed by atoms with Crippen LogP contribution in [0.1, 0.15) is 44.4 Å². The van der Waals surface area contributed by atoms with E-state index >= 15 is 0 Å². The first kappa shape index (κ1) is 34.7. The van der Waals surface area contributed by atoms with Crippen molar-refractivity contribution in [1.82, 2.24) is 9.55 Å². The number of ether oxygens (including phenoxy) is 4. The van der Waals surface area contributed by atoms with Crippen LogP contribution in [0.5, 0.6) is 17.2 Å². The van der Waals surface area contributed by atoms with Crippen LogP contribution in [0, 0.1) is 0 Å². The third kappa shape index (κ3) is 9.94. The van der Waals surface area contributed by atoms with Gasteiger partial charge in [0.05, 0.1) is 49.4 Å². The maximum absolute atomic E-state index is 13.0. The van der Waals surface area contributed by atoms with Crippen LogP contribution in [-0.2, 0) is 27.8 Å². The molecule has 4 rings (SSSR count). The molecular weight excluding hydrogens is 602 g/mol. The third-order valence-electron chi connectivity index (χ3n) is 7.27. The molecule has 0 aliphatic rings. The van der Waals surface area contributed by atoms with Crippen molar-refractivity contribution in [2.24, 2.45) is 0 Å². The van der Waals surface area contributed by atoms with Gasteiger partial charge in [0.2, 0.25) is 0 Å². The van der Waals surface area contributed by atoms with Crippen LogP contribution in [0.25, 0.3) is 17.2 Å². The average molecular weight is 648 g/mol. The van der Waals surface area contributed by atoms with Crippen molar-refractivity contribution < 1.29 is 28.3 Å². The molecule has 1 heterocycles. The number of aromatic nitrogens is 2. The highest BCUT2D eigenvalue weighted by Gasteiger charge is 2.14. The van der Waals surface area contributed by atoms with E-state index in [4.69, 9.17) is 18.9 Å². The Kier molecular flexibility index (Phi) is 13.7. The number of aliphatic hydroxyl groups is 1. The SMILES string of the molecule is CCCCOCCOc1ccc(-c2cc(/C=C/C(O)Nc3ccc(S(=O)Cc4cncn4CCC)cc3)c(OC)c(OC)c2)cc1. The number of methoxy groups -OCH3 is 2. The first-order valence-corrected chi connectivity index (χ1v) is 16.9. The second kappa shape index (κ2) is 18.1. The van der Waals surface area contributed by atoms with Gasteiger partial charge >= 0.3 is 0 Å². The smallest absolute Gasteiger partial charge is 0.167 e. The summed E-state index contributed by atoms with van der Waals surface area (Å²) in [4.78, 5) is 4.91. The molecule has 2 atom stereocenters. The quantitative estimate of drug-likeness (QED) is 0.0835. The fourth-order valence-electron chi connectivity index (χ4n) is 4.84. The third-order valence-corrected chi connectivity index (χ3v) is 8.62. The molecular formula is C36H45N3O6S. The second-order valence-electron chi connectivity index (χ2n) is 10.7. The number of nitrogens with zero attached hydrogens (tertiary/aromatic N) is 2. The van der Waals surface area contributed by atoms with Crippen molar-refractivity contribution in [3.05, 3.63) is 90.5 Å². The summed E-state index contributed by atoms with van der Waals surface area (Å²) in [7, 11) is 1.98. The highest BCUT2D eigenvalue weighted by atomic mass is 32.2. The number of aryl methyl sites for hydroxylation is 1. The Bertz CT molecular complexity index is 1550. The Morgan fingerprint density at radius 2 is 1.74 bits per heavy atom. The van der Waals surface area contributed by atoms with Gasteiger partial charge in [0.15, 0.2) is 11.5 Å². The normalized spacial score (nSPS) is 12.6. The topological polar surface area (TPSA) is 104 Å². The number of rotatable bonds is 19. The Balaban J connectivity index is 1.39. The van der Waals surface area contributed by atoms with Crippen LogP contribution in [0.4, 0.5) is 5.69 Å². The Labute approximate surface area is 274 Å². The molecule has 4 aromatic rings. The van der Waals surface area contributed by atoms with Gasteiger partial charge in [0.25, 0.3) is 0 Å². The van der Waals surface area contributed by atoms with Crippen LogP contribution in [0.3, 0.4) is 0 Å². The zero-order chi connectivity index (χ0) is 32.7. The summed E-state index contributed by atoms with van der Waals surface area (Å²) in [6.07, 6.45) is 9.15. The molecule has 46 heavy (non-hydrogen) atoms. The molecule has 10 heteroatoms. The van der Waals surface area contributed by atoms with Gasteiger partial charge in [0, 0.05) is 35.5 Å². The summed E-state index contributed by atoms with van der Waals surface area (Å²) in [5.74, 6) is 2.31. The average Bonchev–Trinajstić information content (AvgIpc) is 3.51. The molecule has 0 spiro atoms. The Morgan fingerprint density at radius 1 is 0.957 bits per heavy atom. The van der Waals surface area contributed by atoms with E-state index in [0.717, 1.165) is 60.5 Å². The molecule has 0 saturated carbocycles. The first-order chi connectivity index (χ1) is 22.4. The van der Waals surface area contributed by atoms with E-state index in [1.165, 1.54) is 0 Å². The molecule has 3 aromatic carbocycles. The predicted octanol–water partition coefficient (Wildman–Crippen LogP) is 6.92. The fraction of sp³-hybridized carbons (Fsp3) is 0.361. The van der Waals surface area contributed by atoms with Gasteiger partial charge in [-0.25, -0.2) is 4.98 Å². The number of hydrogen-bond acceptors (Lipinski definition) is 8. The summed E-state index contributed by atoms with van der Waals surface area (Å²) < 4.78 is 37.7. The number of anilines is 1. The number of hydrogen-bond donors (Lipinski definition) is 2. The lowest BCUT2D eigenvalue weighted by Crippen LogP contribution is -2.15. The first-order valence-electron chi connectivity index (χ1n) is 15.6. The predicted molar refractivity (Wildman–Crippen MR) is 184 cm³/mol. The number of unbranched alkanes of at least 4 members (excludes halogenated alkanes) is 1. The van der Waals surface area contributed by atoms with E-state index in [0.29, 0.717) is 41.0 Å². The zero-order valence-electron chi connectivity index (χ0n) is 27.1. The molecule has 9 nitrogen and oxygen atoms in total. The molecule has 2 unspecified atom stereocenters. The van der Waals surface area contributed by atoms with Crippen molar-refractivity contribution in [1.29, 1.82) is 0 Å². The van der Waals surface area contributed by atoms with E-state index in [2.05, 4.69) is 24.1 Å². The van der Waals surface area contributed by atoms with Crippen molar-refractivity contribution in [3.8, 4) is 28.4 Å². The minimum atomic E-state index is -1.21.